The van der Waals surface area contributed by atoms with E-state index < -0.39 is 17.9 Å². The van der Waals surface area contributed by atoms with Crippen LogP contribution in [0.2, 0.25) is 0 Å². The molecule has 0 radical (unpaired) electrons. The molecule has 0 unspecified atom stereocenters. The lowest BCUT2D eigenvalue weighted by Crippen LogP contribution is -2.30. The number of benzene rings is 2. The minimum absolute atomic E-state index is 0.000879. The number of fused-ring (bicyclic) bond motifs is 2. The maximum absolute atomic E-state index is 13.5. The van der Waals surface area contributed by atoms with Crippen LogP contribution in [0.5, 0.6) is 0 Å². The van der Waals surface area contributed by atoms with Gasteiger partial charge in [-0.2, -0.15) is 0 Å². The fraction of sp³-hybridized carbons (Fsp3) is 0.120. The minimum atomic E-state index is -0.751. The Morgan fingerprint density at radius 3 is 2.47 bits per heavy atom. The topological polar surface area (TPSA) is 89.7 Å². The molecule has 1 aliphatic rings. The van der Waals surface area contributed by atoms with Crippen LogP contribution in [-0.2, 0) is 4.74 Å². The number of para-hydroxylation sites is 1. The first kappa shape index (κ1) is 19.7. The molecule has 1 aliphatic heterocycles. The number of aryl methyl sites for hydroxylation is 1. The largest absolute Gasteiger partial charge is 0.465 e. The number of methoxy groups -OCH3 is 1. The standard InChI is InChI=1S/C25H18N2O5/c1-14-6-5-9-19(26-14)27-21(15-10-12-16(13-11-15)25(30)31-2)20-22(28)17-7-3-4-8-18(17)32-23(20)24(27)29/h3-13,21H,1-2H3/t21-/m0/s1. The van der Waals surface area contributed by atoms with Crippen molar-refractivity contribution < 1.29 is 18.7 Å². The summed E-state index contributed by atoms with van der Waals surface area (Å²) in [4.78, 5) is 44.8. The summed E-state index contributed by atoms with van der Waals surface area (Å²) in [5, 5.41) is 0.397. The lowest BCUT2D eigenvalue weighted by molar-refractivity contribution is 0.0600. The Hall–Kier alpha value is -4.26. The Bertz CT molecular complexity index is 1440. The fourth-order valence-corrected chi connectivity index (χ4v) is 4.05. The summed E-state index contributed by atoms with van der Waals surface area (Å²) >= 11 is 0. The van der Waals surface area contributed by atoms with Gasteiger partial charge in [-0.25, -0.2) is 9.78 Å². The van der Waals surface area contributed by atoms with Gasteiger partial charge in [0.15, 0.2) is 5.43 Å². The first-order valence-corrected chi connectivity index (χ1v) is 10.0. The van der Waals surface area contributed by atoms with Crippen molar-refractivity contribution in [2.75, 3.05) is 12.0 Å². The zero-order valence-electron chi connectivity index (χ0n) is 17.4. The van der Waals surface area contributed by atoms with Gasteiger partial charge in [-0.3, -0.25) is 14.5 Å². The lowest BCUT2D eigenvalue weighted by Gasteiger charge is -2.24. The number of carbonyl (C=O) groups is 2. The number of aromatic nitrogens is 1. The van der Waals surface area contributed by atoms with E-state index in [9.17, 15) is 14.4 Å². The molecule has 1 atom stereocenters. The molecule has 0 spiro atoms. The predicted octanol–water partition coefficient (Wildman–Crippen LogP) is 4.03. The van der Waals surface area contributed by atoms with E-state index in [1.165, 1.54) is 12.0 Å². The molecular formula is C25H18N2O5. The van der Waals surface area contributed by atoms with Gasteiger partial charge < -0.3 is 9.15 Å². The lowest BCUT2D eigenvalue weighted by atomic mass is 9.97. The van der Waals surface area contributed by atoms with Gasteiger partial charge in [-0.15, -0.1) is 0 Å². The van der Waals surface area contributed by atoms with Crippen LogP contribution in [0.15, 0.2) is 75.9 Å². The highest BCUT2D eigenvalue weighted by molar-refractivity contribution is 6.10. The van der Waals surface area contributed by atoms with Gasteiger partial charge in [0, 0.05) is 5.69 Å². The van der Waals surface area contributed by atoms with Crippen molar-refractivity contribution >= 4 is 28.7 Å². The van der Waals surface area contributed by atoms with Crippen molar-refractivity contribution in [1.29, 1.82) is 0 Å². The van der Waals surface area contributed by atoms with Crippen molar-refractivity contribution in [3.63, 3.8) is 0 Å². The van der Waals surface area contributed by atoms with Crippen LogP contribution >= 0.6 is 0 Å². The summed E-state index contributed by atoms with van der Waals surface area (Å²) in [6.07, 6.45) is 0. The van der Waals surface area contributed by atoms with E-state index in [0.29, 0.717) is 27.9 Å². The SMILES string of the molecule is COC(=O)c1ccc([C@H]2c3c(oc4ccccc4c3=O)C(=O)N2c2cccc(C)n2)cc1. The predicted molar refractivity (Wildman–Crippen MR) is 118 cm³/mol. The molecule has 0 aliphatic carbocycles. The van der Waals surface area contributed by atoms with Gasteiger partial charge >= 0.3 is 5.97 Å². The number of hydrogen-bond acceptors (Lipinski definition) is 6. The second-order valence-electron chi connectivity index (χ2n) is 7.50. The maximum atomic E-state index is 13.5. The van der Waals surface area contributed by atoms with Crippen molar-refractivity contribution in [3.8, 4) is 0 Å². The Labute approximate surface area is 182 Å². The van der Waals surface area contributed by atoms with Gasteiger partial charge in [0.1, 0.15) is 11.4 Å². The van der Waals surface area contributed by atoms with E-state index in [1.807, 2.05) is 13.0 Å². The quantitative estimate of drug-likeness (QED) is 0.460. The first-order chi connectivity index (χ1) is 15.5. The molecule has 7 nitrogen and oxygen atoms in total. The van der Waals surface area contributed by atoms with Crippen LogP contribution in [0.4, 0.5) is 5.82 Å². The van der Waals surface area contributed by atoms with Gasteiger partial charge in [0.05, 0.1) is 29.7 Å². The molecule has 0 saturated carbocycles. The van der Waals surface area contributed by atoms with Crippen LogP contribution < -0.4 is 10.3 Å². The van der Waals surface area contributed by atoms with Gasteiger partial charge in [0.25, 0.3) is 5.91 Å². The summed E-state index contributed by atoms with van der Waals surface area (Å²) in [7, 11) is 1.31. The first-order valence-electron chi connectivity index (χ1n) is 10.0. The third-order valence-electron chi connectivity index (χ3n) is 5.55. The zero-order valence-corrected chi connectivity index (χ0v) is 17.4. The van der Waals surface area contributed by atoms with Crippen LogP contribution in [0.25, 0.3) is 11.0 Å². The van der Waals surface area contributed by atoms with Crippen LogP contribution in [0.3, 0.4) is 0 Å². The average Bonchev–Trinajstić information content (AvgIpc) is 3.11. The van der Waals surface area contributed by atoms with E-state index in [0.717, 1.165) is 5.69 Å². The summed E-state index contributed by atoms with van der Waals surface area (Å²) in [5.74, 6) is -0.504. The number of carbonyl (C=O) groups excluding carboxylic acids is 2. The molecule has 1 amide bonds. The highest BCUT2D eigenvalue weighted by Gasteiger charge is 2.44. The van der Waals surface area contributed by atoms with Crippen LogP contribution in [0, 0.1) is 6.92 Å². The molecule has 4 aromatic rings. The van der Waals surface area contributed by atoms with Crippen molar-refractivity contribution in [2.24, 2.45) is 0 Å². The van der Waals surface area contributed by atoms with Gasteiger partial charge in [0.2, 0.25) is 5.76 Å². The molecule has 32 heavy (non-hydrogen) atoms. The molecule has 0 fully saturated rings. The van der Waals surface area contributed by atoms with Crippen molar-refractivity contribution in [1.82, 2.24) is 4.98 Å². The average molecular weight is 426 g/mol. The van der Waals surface area contributed by atoms with E-state index in [4.69, 9.17) is 9.15 Å². The number of esters is 1. The monoisotopic (exact) mass is 426 g/mol. The van der Waals surface area contributed by atoms with Crippen molar-refractivity contribution in [2.45, 2.75) is 13.0 Å². The van der Waals surface area contributed by atoms with Gasteiger partial charge in [-0.05, 0) is 48.9 Å². The molecule has 0 saturated heterocycles. The molecule has 158 valence electrons. The number of nitrogens with zero attached hydrogens (tertiary/aromatic N) is 2. The van der Waals surface area contributed by atoms with E-state index in [-0.39, 0.29) is 16.8 Å². The normalized spacial score (nSPS) is 15.1. The number of pyridine rings is 1. The van der Waals surface area contributed by atoms with Crippen molar-refractivity contribution in [3.05, 3.63) is 105 Å². The van der Waals surface area contributed by atoms with E-state index >= 15 is 0 Å². The summed E-state index contributed by atoms with van der Waals surface area (Å²) in [6.45, 7) is 1.83. The number of amides is 1. The second-order valence-corrected chi connectivity index (χ2v) is 7.50. The number of ether oxygens (including phenoxy) is 1. The molecule has 2 aromatic heterocycles. The summed E-state index contributed by atoms with van der Waals surface area (Å²) < 4.78 is 10.7. The Morgan fingerprint density at radius 2 is 1.75 bits per heavy atom. The minimum Gasteiger partial charge on any atom is -0.465 e. The molecular weight excluding hydrogens is 408 g/mol. The Balaban J connectivity index is 1.76. The molecule has 0 bridgehead atoms. The molecule has 5 rings (SSSR count). The smallest absolute Gasteiger partial charge is 0.337 e. The van der Waals surface area contributed by atoms with E-state index in [2.05, 4.69) is 4.98 Å². The third kappa shape index (κ3) is 2.98. The highest BCUT2D eigenvalue weighted by Crippen LogP contribution is 2.40. The number of rotatable bonds is 3. The summed E-state index contributed by atoms with van der Waals surface area (Å²) in [5.41, 5.74) is 2.08. The Morgan fingerprint density at radius 1 is 1.00 bits per heavy atom. The van der Waals surface area contributed by atoms with E-state index in [1.54, 1.807) is 60.7 Å². The van der Waals surface area contributed by atoms with Crippen LogP contribution in [0.1, 0.15) is 43.8 Å². The molecule has 0 N–H and O–H groups in total. The van der Waals surface area contributed by atoms with Gasteiger partial charge in [-0.1, -0.05) is 30.3 Å². The molecule has 3 heterocycles. The number of hydrogen-bond donors (Lipinski definition) is 0. The highest BCUT2D eigenvalue weighted by atomic mass is 16.5. The third-order valence-corrected chi connectivity index (χ3v) is 5.55. The summed E-state index contributed by atoms with van der Waals surface area (Å²) in [6, 6.07) is 18.1. The molecule has 7 heteroatoms. The zero-order chi connectivity index (χ0) is 22.4. The fourth-order valence-electron chi connectivity index (χ4n) is 4.05. The Kier molecular flexibility index (Phi) is 4.59. The second kappa shape index (κ2) is 7.46. The number of anilines is 1. The van der Waals surface area contributed by atoms with Crippen LogP contribution in [-0.4, -0.2) is 24.0 Å². The maximum Gasteiger partial charge on any atom is 0.337 e. The molecule has 2 aromatic carbocycles.